The number of H-pyrrole nitrogens is 1. The standard InChI is InChI=1S/C13H13FN4S/c1-9(8-17-7-3-6-15-17)18-11-5-2-4-10(14)12(11)16-13(18)19/h2-7,9H,8H2,1H3,(H,16,19). The normalized spacial score (nSPS) is 12.9. The summed E-state index contributed by atoms with van der Waals surface area (Å²) in [5.74, 6) is -0.284. The van der Waals surface area contributed by atoms with Gasteiger partial charge in [-0.15, -0.1) is 0 Å². The highest BCUT2D eigenvalue weighted by molar-refractivity contribution is 7.71. The van der Waals surface area contributed by atoms with E-state index in [-0.39, 0.29) is 11.9 Å². The van der Waals surface area contributed by atoms with Gasteiger partial charge in [0.15, 0.2) is 4.77 Å². The Morgan fingerprint density at radius 1 is 1.42 bits per heavy atom. The van der Waals surface area contributed by atoms with Gasteiger partial charge in [0.1, 0.15) is 11.3 Å². The molecule has 2 heterocycles. The maximum Gasteiger partial charge on any atom is 0.178 e. The third-order valence-corrected chi connectivity index (χ3v) is 3.45. The number of para-hydroxylation sites is 1. The number of hydrogen-bond acceptors (Lipinski definition) is 2. The molecule has 2 aromatic heterocycles. The number of nitrogens with zero attached hydrogens (tertiary/aromatic N) is 3. The second-order valence-corrected chi connectivity index (χ2v) is 4.90. The lowest BCUT2D eigenvalue weighted by Crippen LogP contribution is -2.13. The van der Waals surface area contributed by atoms with Gasteiger partial charge in [0.2, 0.25) is 0 Å². The van der Waals surface area contributed by atoms with Crippen LogP contribution in [-0.4, -0.2) is 19.3 Å². The quantitative estimate of drug-likeness (QED) is 0.745. The van der Waals surface area contributed by atoms with Crippen LogP contribution in [-0.2, 0) is 6.54 Å². The van der Waals surface area contributed by atoms with Gasteiger partial charge in [0, 0.05) is 12.4 Å². The number of aromatic nitrogens is 4. The van der Waals surface area contributed by atoms with Crippen LogP contribution in [0, 0.1) is 10.6 Å². The van der Waals surface area contributed by atoms with E-state index in [1.165, 1.54) is 6.07 Å². The Morgan fingerprint density at radius 2 is 2.26 bits per heavy atom. The number of rotatable bonds is 3. The SMILES string of the molecule is CC(Cn1cccn1)n1c(=S)[nH]c2c(F)cccc21. The maximum atomic E-state index is 13.7. The highest BCUT2D eigenvalue weighted by Gasteiger charge is 2.13. The molecule has 0 spiro atoms. The van der Waals surface area contributed by atoms with Gasteiger partial charge in [-0.05, 0) is 37.3 Å². The summed E-state index contributed by atoms with van der Waals surface area (Å²) in [7, 11) is 0. The first-order chi connectivity index (χ1) is 9.16. The molecule has 0 amide bonds. The number of halogens is 1. The molecule has 0 aliphatic carbocycles. The molecule has 0 radical (unpaired) electrons. The van der Waals surface area contributed by atoms with Gasteiger partial charge in [-0.2, -0.15) is 5.10 Å². The Balaban J connectivity index is 2.07. The van der Waals surface area contributed by atoms with E-state index in [0.717, 1.165) is 5.52 Å². The van der Waals surface area contributed by atoms with Crippen molar-refractivity contribution in [1.29, 1.82) is 0 Å². The van der Waals surface area contributed by atoms with Crippen LogP contribution in [0.5, 0.6) is 0 Å². The van der Waals surface area contributed by atoms with Crippen molar-refractivity contribution in [1.82, 2.24) is 19.3 Å². The monoisotopic (exact) mass is 276 g/mol. The largest absolute Gasteiger partial charge is 0.328 e. The Bertz CT molecular complexity index is 757. The second-order valence-electron chi connectivity index (χ2n) is 4.51. The van der Waals surface area contributed by atoms with Gasteiger partial charge < -0.3 is 9.55 Å². The predicted molar refractivity (Wildman–Crippen MR) is 74.0 cm³/mol. The summed E-state index contributed by atoms with van der Waals surface area (Å²) in [4.78, 5) is 2.93. The van der Waals surface area contributed by atoms with Crippen LogP contribution in [0.15, 0.2) is 36.7 Å². The fraction of sp³-hybridized carbons (Fsp3) is 0.231. The molecule has 6 heteroatoms. The minimum Gasteiger partial charge on any atom is -0.328 e. The van der Waals surface area contributed by atoms with E-state index in [2.05, 4.69) is 10.1 Å². The Labute approximate surface area is 114 Å². The van der Waals surface area contributed by atoms with Crippen molar-refractivity contribution in [2.45, 2.75) is 19.5 Å². The third-order valence-electron chi connectivity index (χ3n) is 3.15. The lowest BCUT2D eigenvalue weighted by atomic mass is 10.2. The van der Waals surface area contributed by atoms with Crippen LogP contribution in [0.4, 0.5) is 4.39 Å². The summed E-state index contributed by atoms with van der Waals surface area (Å²) in [5, 5.41) is 4.18. The van der Waals surface area contributed by atoms with Gasteiger partial charge in [0.05, 0.1) is 18.1 Å². The summed E-state index contributed by atoms with van der Waals surface area (Å²) >= 11 is 5.30. The average Bonchev–Trinajstić information content (AvgIpc) is 2.96. The van der Waals surface area contributed by atoms with E-state index in [4.69, 9.17) is 12.2 Å². The van der Waals surface area contributed by atoms with Crippen LogP contribution >= 0.6 is 12.2 Å². The molecule has 1 unspecified atom stereocenters. The molecule has 0 fully saturated rings. The van der Waals surface area contributed by atoms with Crippen molar-refractivity contribution in [2.75, 3.05) is 0 Å². The van der Waals surface area contributed by atoms with Gasteiger partial charge in [0.25, 0.3) is 0 Å². The Hall–Kier alpha value is -1.95. The van der Waals surface area contributed by atoms with Gasteiger partial charge in [-0.1, -0.05) is 6.07 Å². The smallest absolute Gasteiger partial charge is 0.178 e. The summed E-state index contributed by atoms with van der Waals surface area (Å²) in [6, 6.07) is 6.95. The molecular formula is C13H13FN4S. The Morgan fingerprint density at radius 3 is 3.00 bits per heavy atom. The zero-order valence-corrected chi connectivity index (χ0v) is 11.2. The molecule has 0 aliphatic rings. The molecule has 1 atom stereocenters. The van der Waals surface area contributed by atoms with Gasteiger partial charge in [-0.3, -0.25) is 4.68 Å². The lowest BCUT2D eigenvalue weighted by molar-refractivity contribution is 0.442. The fourth-order valence-corrected chi connectivity index (χ4v) is 2.69. The van der Waals surface area contributed by atoms with Crippen LogP contribution in [0.25, 0.3) is 11.0 Å². The first-order valence-electron chi connectivity index (χ1n) is 6.03. The number of fused-ring (bicyclic) bond motifs is 1. The highest BCUT2D eigenvalue weighted by Crippen LogP contribution is 2.22. The van der Waals surface area contributed by atoms with Crippen molar-refractivity contribution in [2.24, 2.45) is 0 Å². The summed E-state index contributed by atoms with van der Waals surface area (Å²) in [5.41, 5.74) is 1.24. The predicted octanol–water partition coefficient (Wildman–Crippen LogP) is 3.30. The molecule has 0 aliphatic heterocycles. The van der Waals surface area contributed by atoms with Crippen molar-refractivity contribution >= 4 is 23.3 Å². The van der Waals surface area contributed by atoms with Crippen LogP contribution in [0.3, 0.4) is 0 Å². The zero-order valence-electron chi connectivity index (χ0n) is 10.4. The van der Waals surface area contributed by atoms with E-state index >= 15 is 0 Å². The van der Waals surface area contributed by atoms with Gasteiger partial charge in [-0.25, -0.2) is 4.39 Å². The first kappa shape index (κ1) is 12.1. The summed E-state index contributed by atoms with van der Waals surface area (Å²) in [6.07, 6.45) is 3.64. The van der Waals surface area contributed by atoms with Crippen LogP contribution in [0.2, 0.25) is 0 Å². The first-order valence-corrected chi connectivity index (χ1v) is 6.44. The molecule has 4 nitrogen and oxygen atoms in total. The van der Waals surface area contributed by atoms with Crippen molar-refractivity contribution in [3.05, 3.63) is 47.2 Å². The molecule has 98 valence electrons. The fourth-order valence-electron chi connectivity index (χ4n) is 2.31. The topological polar surface area (TPSA) is 38.5 Å². The van der Waals surface area contributed by atoms with E-state index in [1.807, 2.05) is 34.5 Å². The molecule has 0 bridgehead atoms. The lowest BCUT2D eigenvalue weighted by Gasteiger charge is -2.14. The Kier molecular flexibility index (Phi) is 2.94. The van der Waals surface area contributed by atoms with Crippen LogP contribution < -0.4 is 0 Å². The summed E-state index contributed by atoms with van der Waals surface area (Å²) < 4.78 is 18.0. The maximum absolute atomic E-state index is 13.7. The summed E-state index contributed by atoms with van der Waals surface area (Å²) in [6.45, 7) is 2.72. The van der Waals surface area contributed by atoms with E-state index in [0.29, 0.717) is 16.8 Å². The van der Waals surface area contributed by atoms with Crippen LogP contribution in [0.1, 0.15) is 13.0 Å². The number of imidazole rings is 1. The molecule has 0 saturated heterocycles. The molecular weight excluding hydrogens is 263 g/mol. The molecule has 1 N–H and O–H groups in total. The third kappa shape index (κ3) is 2.08. The van der Waals surface area contributed by atoms with E-state index in [1.54, 1.807) is 12.3 Å². The minimum absolute atomic E-state index is 0.0861. The average molecular weight is 276 g/mol. The van der Waals surface area contributed by atoms with Crippen molar-refractivity contribution in [3.63, 3.8) is 0 Å². The number of hydrogen-bond donors (Lipinski definition) is 1. The second kappa shape index (κ2) is 4.62. The van der Waals surface area contributed by atoms with E-state index in [9.17, 15) is 4.39 Å². The highest BCUT2D eigenvalue weighted by atomic mass is 32.1. The minimum atomic E-state index is -0.284. The van der Waals surface area contributed by atoms with Crippen molar-refractivity contribution in [3.8, 4) is 0 Å². The molecule has 0 saturated carbocycles. The molecule has 1 aromatic carbocycles. The van der Waals surface area contributed by atoms with Gasteiger partial charge >= 0.3 is 0 Å². The molecule has 3 aromatic rings. The van der Waals surface area contributed by atoms with E-state index < -0.39 is 0 Å². The number of benzene rings is 1. The number of nitrogens with one attached hydrogen (secondary N) is 1. The zero-order chi connectivity index (χ0) is 13.4. The number of aromatic amines is 1. The molecule has 3 rings (SSSR count). The van der Waals surface area contributed by atoms with Crippen molar-refractivity contribution < 1.29 is 4.39 Å². The molecule has 19 heavy (non-hydrogen) atoms.